The summed E-state index contributed by atoms with van der Waals surface area (Å²) in [6, 6.07) is 10.2. The van der Waals surface area contributed by atoms with E-state index in [0.717, 1.165) is 5.56 Å². The number of rotatable bonds is 4. The maximum Gasteiger partial charge on any atom is 0.262 e. The molecule has 0 aliphatic heterocycles. The minimum Gasteiger partial charge on any atom is -0.482 e. The molecule has 0 heterocycles. The molecule has 1 amide bonds. The number of ether oxygens (including phenoxy) is 1. The number of hydrogen-bond donors (Lipinski definition) is 1. The first-order chi connectivity index (χ1) is 9.95. The summed E-state index contributed by atoms with van der Waals surface area (Å²) >= 11 is 17.8. The molecule has 3 nitrogen and oxygen atoms in total. The molecule has 0 bridgehead atoms. The summed E-state index contributed by atoms with van der Waals surface area (Å²) in [6.45, 7) is 1.73. The van der Waals surface area contributed by atoms with Gasteiger partial charge < -0.3 is 10.1 Å². The van der Waals surface area contributed by atoms with Crippen molar-refractivity contribution in [1.29, 1.82) is 0 Å². The molecule has 0 saturated carbocycles. The Morgan fingerprint density at radius 2 is 1.86 bits per heavy atom. The van der Waals surface area contributed by atoms with Crippen LogP contribution in [0, 0.1) is 6.92 Å². The lowest BCUT2D eigenvalue weighted by molar-refractivity contribution is -0.118. The molecular formula is C15H12Cl3NO2. The van der Waals surface area contributed by atoms with Crippen molar-refractivity contribution < 1.29 is 9.53 Å². The summed E-state index contributed by atoms with van der Waals surface area (Å²) in [5, 5.41) is 4.02. The van der Waals surface area contributed by atoms with Crippen LogP contribution in [0.2, 0.25) is 15.1 Å². The van der Waals surface area contributed by atoms with Gasteiger partial charge in [0.05, 0.1) is 15.7 Å². The zero-order valence-electron chi connectivity index (χ0n) is 11.1. The van der Waals surface area contributed by atoms with E-state index in [1.807, 2.05) is 13.0 Å². The zero-order chi connectivity index (χ0) is 15.4. The number of hydrogen-bond acceptors (Lipinski definition) is 2. The smallest absolute Gasteiger partial charge is 0.262 e. The Morgan fingerprint density at radius 1 is 1.10 bits per heavy atom. The van der Waals surface area contributed by atoms with Crippen LogP contribution in [0.25, 0.3) is 0 Å². The van der Waals surface area contributed by atoms with Crippen molar-refractivity contribution in [3.8, 4) is 5.75 Å². The standard InChI is InChI=1S/C15H12Cl3NO2/c1-9-2-5-13(12(18)6-9)19-15(20)8-21-14-7-10(16)3-4-11(14)17/h2-7H,8H2,1H3,(H,19,20). The van der Waals surface area contributed by atoms with E-state index < -0.39 is 0 Å². The Bertz CT molecular complexity index is 674. The van der Waals surface area contributed by atoms with Gasteiger partial charge in [0.15, 0.2) is 6.61 Å². The zero-order valence-corrected chi connectivity index (χ0v) is 13.4. The largest absolute Gasteiger partial charge is 0.482 e. The molecule has 2 aromatic rings. The molecule has 0 spiro atoms. The van der Waals surface area contributed by atoms with Crippen molar-refractivity contribution in [3.63, 3.8) is 0 Å². The molecule has 0 saturated heterocycles. The second-order valence-corrected chi connectivity index (χ2v) is 5.65. The summed E-state index contributed by atoms with van der Waals surface area (Å²) in [4.78, 5) is 11.8. The SMILES string of the molecule is Cc1ccc(NC(=O)COc2cc(Cl)ccc2Cl)c(Cl)c1. The highest BCUT2D eigenvalue weighted by Gasteiger charge is 2.09. The van der Waals surface area contributed by atoms with Crippen LogP contribution in [-0.2, 0) is 4.79 Å². The highest BCUT2D eigenvalue weighted by molar-refractivity contribution is 6.34. The van der Waals surface area contributed by atoms with Crippen molar-refractivity contribution >= 4 is 46.4 Å². The molecule has 0 aliphatic carbocycles. The molecule has 0 unspecified atom stereocenters. The Kier molecular flexibility index (Phi) is 5.34. The van der Waals surface area contributed by atoms with Gasteiger partial charge in [0.25, 0.3) is 5.91 Å². The van der Waals surface area contributed by atoms with Crippen molar-refractivity contribution in [1.82, 2.24) is 0 Å². The number of carbonyl (C=O) groups is 1. The van der Waals surface area contributed by atoms with Gasteiger partial charge in [-0.1, -0.05) is 40.9 Å². The molecule has 2 aromatic carbocycles. The first-order valence-electron chi connectivity index (χ1n) is 6.09. The van der Waals surface area contributed by atoms with Crippen LogP contribution in [-0.4, -0.2) is 12.5 Å². The lowest BCUT2D eigenvalue weighted by Crippen LogP contribution is -2.20. The van der Waals surface area contributed by atoms with Crippen LogP contribution in [0.5, 0.6) is 5.75 Å². The van der Waals surface area contributed by atoms with Gasteiger partial charge in [-0.25, -0.2) is 0 Å². The second-order valence-electron chi connectivity index (χ2n) is 4.39. The summed E-state index contributed by atoms with van der Waals surface area (Å²) in [6.07, 6.45) is 0. The van der Waals surface area contributed by atoms with E-state index in [1.165, 1.54) is 0 Å². The number of nitrogens with one attached hydrogen (secondary N) is 1. The van der Waals surface area contributed by atoms with Gasteiger partial charge in [-0.3, -0.25) is 4.79 Å². The average molecular weight is 345 g/mol. The molecule has 0 radical (unpaired) electrons. The minimum absolute atomic E-state index is 0.190. The predicted molar refractivity (Wildman–Crippen MR) is 86.8 cm³/mol. The molecular weight excluding hydrogens is 333 g/mol. The molecule has 21 heavy (non-hydrogen) atoms. The van der Waals surface area contributed by atoms with Crippen LogP contribution >= 0.6 is 34.8 Å². The molecule has 0 aliphatic rings. The second kappa shape index (κ2) is 7.03. The Balaban J connectivity index is 1.97. The average Bonchev–Trinajstić information content (AvgIpc) is 2.43. The van der Waals surface area contributed by atoms with Crippen molar-refractivity contribution in [2.75, 3.05) is 11.9 Å². The Hall–Kier alpha value is -1.42. The van der Waals surface area contributed by atoms with Crippen LogP contribution in [0.4, 0.5) is 5.69 Å². The predicted octanol–water partition coefficient (Wildman–Crippen LogP) is 4.97. The quantitative estimate of drug-likeness (QED) is 0.850. The van der Waals surface area contributed by atoms with E-state index >= 15 is 0 Å². The maximum absolute atomic E-state index is 11.8. The van der Waals surface area contributed by atoms with Crippen molar-refractivity contribution in [2.45, 2.75) is 6.92 Å². The summed E-state index contributed by atoms with van der Waals surface area (Å²) in [5.41, 5.74) is 1.55. The maximum atomic E-state index is 11.8. The highest BCUT2D eigenvalue weighted by Crippen LogP contribution is 2.28. The van der Waals surface area contributed by atoms with E-state index in [-0.39, 0.29) is 12.5 Å². The third kappa shape index (κ3) is 4.53. The normalized spacial score (nSPS) is 10.3. The minimum atomic E-state index is -0.336. The fraction of sp³-hybridized carbons (Fsp3) is 0.133. The number of halogens is 3. The van der Waals surface area contributed by atoms with Crippen LogP contribution < -0.4 is 10.1 Å². The molecule has 0 aromatic heterocycles. The molecule has 2 rings (SSSR count). The van der Waals surface area contributed by atoms with Crippen LogP contribution in [0.1, 0.15) is 5.56 Å². The van der Waals surface area contributed by atoms with Gasteiger partial charge in [-0.05, 0) is 36.8 Å². The van der Waals surface area contributed by atoms with E-state index in [1.54, 1.807) is 30.3 Å². The fourth-order valence-corrected chi connectivity index (χ4v) is 2.26. The van der Waals surface area contributed by atoms with Crippen LogP contribution in [0.15, 0.2) is 36.4 Å². The van der Waals surface area contributed by atoms with Gasteiger partial charge in [0.2, 0.25) is 0 Å². The van der Waals surface area contributed by atoms with Crippen molar-refractivity contribution in [2.24, 2.45) is 0 Å². The number of carbonyl (C=O) groups excluding carboxylic acids is 1. The summed E-state index contributed by atoms with van der Waals surface area (Å²) < 4.78 is 5.34. The topological polar surface area (TPSA) is 38.3 Å². The lowest BCUT2D eigenvalue weighted by Gasteiger charge is -2.10. The van der Waals surface area contributed by atoms with E-state index in [4.69, 9.17) is 39.5 Å². The molecule has 6 heteroatoms. The lowest BCUT2D eigenvalue weighted by atomic mass is 10.2. The first kappa shape index (κ1) is 16.0. The molecule has 0 atom stereocenters. The third-order valence-corrected chi connectivity index (χ3v) is 3.51. The number of amides is 1. The van der Waals surface area contributed by atoms with E-state index in [9.17, 15) is 4.79 Å². The van der Waals surface area contributed by atoms with E-state index in [2.05, 4.69) is 5.32 Å². The van der Waals surface area contributed by atoms with E-state index in [0.29, 0.717) is 26.5 Å². The van der Waals surface area contributed by atoms with Crippen molar-refractivity contribution in [3.05, 3.63) is 57.0 Å². The fourth-order valence-electron chi connectivity index (χ4n) is 1.64. The van der Waals surface area contributed by atoms with Gasteiger partial charge in [-0.2, -0.15) is 0 Å². The number of benzene rings is 2. The molecule has 0 fully saturated rings. The third-order valence-electron chi connectivity index (χ3n) is 2.65. The van der Waals surface area contributed by atoms with Gasteiger partial charge >= 0.3 is 0 Å². The highest BCUT2D eigenvalue weighted by atomic mass is 35.5. The summed E-state index contributed by atoms with van der Waals surface area (Å²) in [7, 11) is 0. The van der Waals surface area contributed by atoms with Gasteiger partial charge in [0, 0.05) is 11.1 Å². The molecule has 1 N–H and O–H groups in total. The van der Waals surface area contributed by atoms with Gasteiger partial charge in [0.1, 0.15) is 5.75 Å². The van der Waals surface area contributed by atoms with Gasteiger partial charge in [-0.15, -0.1) is 0 Å². The number of aryl methyl sites for hydroxylation is 1. The molecule has 110 valence electrons. The first-order valence-corrected chi connectivity index (χ1v) is 7.23. The Morgan fingerprint density at radius 3 is 2.57 bits per heavy atom. The summed E-state index contributed by atoms with van der Waals surface area (Å²) in [5.74, 6) is 0.0196. The monoisotopic (exact) mass is 343 g/mol. The number of anilines is 1. The Labute approximate surface area is 137 Å². The van der Waals surface area contributed by atoms with Crippen LogP contribution in [0.3, 0.4) is 0 Å².